The monoisotopic (exact) mass is 253 g/mol. The van der Waals surface area contributed by atoms with Crippen LogP contribution in [-0.2, 0) is 6.54 Å². The lowest BCUT2D eigenvalue weighted by molar-refractivity contribution is 0.935. The molecule has 0 atom stereocenters. The topological polar surface area (TPSA) is 42.2 Å². The highest BCUT2D eigenvalue weighted by atomic mass is 35.5. The fourth-order valence-corrected chi connectivity index (χ4v) is 2.56. The standard InChI is InChI=1S/C11H12ClN3S/c1-15(7-10-2-3-11(12)16-10)9-4-8(13)5-14-6-9/h2-6H,7,13H2,1H3. The molecule has 2 heterocycles. The molecule has 16 heavy (non-hydrogen) atoms. The zero-order valence-corrected chi connectivity index (χ0v) is 10.4. The minimum absolute atomic E-state index is 0.675. The average Bonchev–Trinajstić information content (AvgIpc) is 2.64. The molecule has 0 fully saturated rings. The van der Waals surface area contributed by atoms with E-state index in [9.17, 15) is 0 Å². The first-order valence-corrected chi connectivity index (χ1v) is 6.00. The van der Waals surface area contributed by atoms with E-state index in [1.807, 2.05) is 25.2 Å². The van der Waals surface area contributed by atoms with Gasteiger partial charge in [-0.25, -0.2) is 0 Å². The zero-order valence-electron chi connectivity index (χ0n) is 8.85. The maximum atomic E-state index is 5.88. The number of hydrogen-bond acceptors (Lipinski definition) is 4. The van der Waals surface area contributed by atoms with Crippen LogP contribution >= 0.6 is 22.9 Å². The van der Waals surface area contributed by atoms with Crippen LogP contribution in [0.3, 0.4) is 0 Å². The molecule has 0 saturated heterocycles. The summed E-state index contributed by atoms with van der Waals surface area (Å²) in [6.45, 7) is 0.808. The molecule has 0 spiro atoms. The maximum absolute atomic E-state index is 5.88. The average molecular weight is 254 g/mol. The minimum atomic E-state index is 0.675. The van der Waals surface area contributed by atoms with E-state index in [4.69, 9.17) is 17.3 Å². The van der Waals surface area contributed by atoms with Gasteiger partial charge in [-0.3, -0.25) is 4.98 Å². The van der Waals surface area contributed by atoms with Gasteiger partial charge in [-0.15, -0.1) is 11.3 Å². The van der Waals surface area contributed by atoms with Crippen molar-refractivity contribution in [2.75, 3.05) is 17.7 Å². The second-order valence-corrected chi connectivity index (χ2v) is 5.34. The van der Waals surface area contributed by atoms with Gasteiger partial charge in [0.05, 0.1) is 28.5 Å². The molecule has 2 aromatic heterocycles. The number of nitrogens with zero attached hydrogens (tertiary/aromatic N) is 2. The first kappa shape index (κ1) is 11.2. The summed E-state index contributed by atoms with van der Waals surface area (Å²) in [5, 5.41) is 0. The summed E-state index contributed by atoms with van der Waals surface area (Å²) in [7, 11) is 2.00. The van der Waals surface area contributed by atoms with E-state index in [1.165, 1.54) is 4.88 Å². The van der Waals surface area contributed by atoms with Crippen molar-refractivity contribution in [2.45, 2.75) is 6.54 Å². The highest BCUT2D eigenvalue weighted by molar-refractivity contribution is 7.16. The fourth-order valence-electron chi connectivity index (χ4n) is 1.42. The number of rotatable bonds is 3. The van der Waals surface area contributed by atoms with Gasteiger partial charge in [-0.1, -0.05) is 11.6 Å². The quantitative estimate of drug-likeness (QED) is 0.914. The van der Waals surface area contributed by atoms with Crippen LogP contribution in [0.5, 0.6) is 0 Å². The number of nitrogen functional groups attached to an aromatic ring is 1. The zero-order chi connectivity index (χ0) is 11.5. The second kappa shape index (κ2) is 4.72. The lowest BCUT2D eigenvalue weighted by Gasteiger charge is -2.18. The van der Waals surface area contributed by atoms with Gasteiger partial charge >= 0.3 is 0 Å². The normalized spacial score (nSPS) is 10.4. The van der Waals surface area contributed by atoms with Crippen molar-refractivity contribution in [3.8, 4) is 0 Å². The largest absolute Gasteiger partial charge is 0.397 e. The Hall–Kier alpha value is -1.26. The van der Waals surface area contributed by atoms with Crippen LogP contribution in [0.25, 0.3) is 0 Å². The Labute approximate surface area is 103 Å². The molecule has 0 aliphatic carbocycles. The van der Waals surface area contributed by atoms with Crippen LogP contribution in [0.2, 0.25) is 4.34 Å². The lowest BCUT2D eigenvalue weighted by Crippen LogP contribution is -2.15. The molecule has 5 heteroatoms. The highest BCUT2D eigenvalue weighted by Crippen LogP contribution is 2.24. The third-order valence-corrected chi connectivity index (χ3v) is 3.42. The van der Waals surface area contributed by atoms with E-state index in [-0.39, 0.29) is 0 Å². The van der Waals surface area contributed by atoms with E-state index in [2.05, 4.69) is 9.88 Å². The van der Waals surface area contributed by atoms with Crippen LogP contribution < -0.4 is 10.6 Å². The molecule has 0 saturated carbocycles. The Kier molecular flexibility index (Phi) is 3.31. The van der Waals surface area contributed by atoms with Gasteiger partial charge in [-0.2, -0.15) is 0 Å². The highest BCUT2D eigenvalue weighted by Gasteiger charge is 2.05. The summed E-state index contributed by atoms with van der Waals surface area (Å²) < 4.78 is 0.814. The lowest BCUT2D eigenvalue weighted by atomic mass is 10.3. The molecule has 3 nitrogen and oxygen atoms in total. The van der Waals surface area contributed by atoms with E-state index in [1.54, 1.807) is 23.7 Å². The van der Waals surface area contributed by atoms with Crippen molar-refractivity contribution in [1.82, 2.24) is 4.98 Å². The summed E-state index contributed by atoms with van der Waals surface area (Å²) in [6.07, 6.45) is 3.44. The molecule has 0 aliphatic rings. The van der Waals surface area contributed by atoms with Crippen molar-refractivity contribution >= 4 is 34.3 Å². The number of aromatic nitrogens is 1. The fraction of sp³-hybridized carbons (Fsp3) is 0.182. The number of nitrogens with two attached hydrogens (primary N) is 1. The molecule has 2 N–H and O–H groups in total. The van der Waals surface area contributed by atoms with E-state index >= 15 is 0 Å². The van der Waals surface area contributed by atoms with E-state index in [0.717, 1.165) is 16.6 Å². The van der Waals surface area contributed by atoms with Gasteiger partial charge in [0.1, 0.15) is 0 Å². The number of thiophene rings is 1. The molecule has 0 aromatic carbocycles. The summed E-state index contributed by atoms with van der Waals surface area (Å²) >= 11 is 7.47. The van der Waals surface area contributed by atoms with Gasteiger partial charge < -0.3 is 10.6 Å². The van der Waals surface area contributed by atoms with E-state index in [0.29, 0.717) is 5.69 Å². The number of halogens is 1. The van der Waals surface area contributed by atoms with Crippen molar-refractivity contribution in [2.24, 2.45) is 0 Å². The third kappa shape index (κ3) is 2.65. The van der Waals surface area contributed by atoms with Crippen LogP contribution in [0.15, 0.2) is 30.6 Å². The predicted molar refractivity (Wildman–Crippen MR) is 70.1 cm³/mol. The van der Waals surface area contributed by atoms with Crippen LogP contribution in [-0.4, -0.2) is 12.0 Å². The van der Waals surface area contributed by atoms with Gasteiger partial charge in [-0.05, 0) is 18.2 Å². The summed E-state index contributed by atoms with van der Waals surface area (Å²) in [4.78, 5) is 7.37. The number of anilines is 2. The minimum Gasteiger partial charge on any atom is -0.397 e. The van der Waals surface area contributed by atoms with Crippen molar-refractivity contribution in [1.29, 1.82) is 0 Å². The first-order chi connectivity index (χ1) is 7.65. The summed E-state index contributed by atoms with van der Waals surface area (Å²) in [6, 6.07) is 5.85. The second-order valence-electron chi connectivity index (χ2n) is 3.54. The molecule has 2 aromatic rings. The molecule has 84 valence electrons. The van der Waals surface area contributed by atoms with Crippen LogP contribution in [0.4, 0.5) is 11.4 Å². The SMILES string of the molecule is CN(Cc1ccc(Cl)s1)c1cncc(N)c1. The van der Waals surface area contributed by atoms with Crippen LogP contribution in [0, 0.1) is 0 Å². The Morgan fingerprint density at radius 2 is 2.25 bits per heavy atom. The van der Waals surface area contributed by atoms with Crippen molar-refractivity contribution < 1.29 is 0 Å². The molecule has 0 radical (unpaired) electrons. The first-order valence-electron chi connectivity index (χ1n) is 4.81. The predicted octanol–water partition coefficient (Wildman–Crippen LogP) is 3.02. The Balaban J connectivity index is 2.11. The van der Waals surface area contributed by atoms with Crippen LogP contribution in [0.1, 0.15) is 4.88 Å². The Morgan fingerprint density at radius 1 is 1.44 bits per heavy atom. The maximum Gasteiger partial charge on any atom is 0.0931 e. The van der Waals surface area contributed by atoms with Gasteiger partial charge in [0.15, 0.2) is 0 Å². The molecule has 2 rings (SSSR count). The molecule has 0 unspecified atom stereocenters. The number of pyridine rings is 1. The smallest absolute Gasteiger partial charge is 0.0931 e. The van der Waals surface area contributed by atoms with Crippen molar-refractivity contribution in [3.05, 3.63) is 39.8 Å². The Bertz CT molecular complexity index is 484. The molecule has 0 amide bonds. The summed E-state index contributed by atoms with van der Waals surface area (Å²) in [5.74, 6) is 0. The molecular formula is C11H12ClN3S. The van der Waals surface area contributed by atoms with Gasteiger partial charge in [0.25, 0.3) is 0 Å². The molecule has 0 aliphatic heterocycles. The van der Waals surface area contributed by atoms with Crippen molar-refractivity contribution in [3.63, 3.8) is 0 Å². The molecule has 0 bridgehead atoms. The van der Waals surface area contributed by atoms with E-state index < -0.39 is 0 Å². The van der Waals surface area contributed by atoms with Gasteiger partial charge in [0.2, 0.25) is 0 Å². The summed E-state index contributed by atoms with van der Waals surface area (Å²) in [5.41, 5.74) is 7.37. The third-order valence-electron chi connectivity index (χ3n) is 2.21. The molecular weight excluding hydrogens is 242 g/mol. The Morgan fingerprint density at radius 3 is 2.88 bits per heavy atom. The van der Waals surface area contributed by atoms with Gasteiger partial charge in [0, 0.05) is 18.1 Å². The number of hydrogen-bond donors (Lipinski definition) is 1.